The minimum atomic E-state index is -0.982. The van der Waals surface area contributed by atoms with Crippen LogP contribution in [0.2, 0.25) is 0 Å². The van der Waals surface area contributed by atoms with Crippen molar-refractivity contribution in [3.05, 3.63) is 29.8 Å². The van der Waals surface area contributed by atoms with Crippen LogP contribution in [0.3, 0.4) is 0 Å². The zero-order valence-electron chi connectivity index (χ0n) is 13.7. The standard InChI is InChI=1S/C17H23BO3/c1-15(2,19)12-11-13-7-9-14(10-8-13)18-20-16(3,4)17(5,6)21-18/h7-10,19H,1-6H3. The smallest absolute Gasteiger partial charge is 0.399 e. The van der Waals surface area contributed by atoms with Crippen molar-refractivity contribution in [2.24, 2.45) is 0 Å². The van der Waals surface area contributed by atoms with Gasteiger partial charge in [0.1, 0.15) is 5.60 Å². The molecular weight excluding hydrogens is 263 g/mol. The zero-order valence-corrected chi connectivity index (χ0v) is 13.7. The molecule has 0 aromatic heterocycles. The Morgan fingerprint density at radius 1 is 1.00 bits per heavy atom. The van der Waals surface area contributed by atoms with E-state index in [-0.39, 0.29) is 18.3 Å². The van der Waals surface area contributed by atoms with E-state index >= 15 is 0 Å². The van der Waals surface area contributed by atoms with E-state index in [0.29, 0.717) is 0 Å². The van der Waals surface area contributed by atoms with E-state index in [4.69, 9.17) is 9.31 Å². The SMILES string of the molecule is CC(C)(O)C#Cc1ccc(B2OC(C)(C)C(C)(C)O2)cc1. The van der Waals surface area contributed by atoms with Gasteiger partial charge in [0.15, 0.2) is 0 Å². The van der Waals surface area contributed by atoms with Crippen molar-refractivity contribution in [3.8, 4) is 11.8 Å². The summed E-state index contributed by atoms with van der Waals surface area (Å²) in [7, 11) is -0.355. The van der Waals surface area contributed by atoms with E-state index in [9.17, 15) is 5.11 Å². The molecule has 1 aromatic rings. The molecule has 1 saturated heterocycles. The van der Waals surface area contributed by atoms with Gasteiger partial charge in [-0.1, -0.05) is 24.0 Å². The summed E-state index contributed by atoms with van der Waals surface area (Å²) in [5, 5.41) is 9.61. The molecule has 2 rings (SSSR count). The van der Waals surface area contributed by atoms with E-state index in [0.717, 1.165) is 11.0 Å². The Labute approximate surface area is 127 Å². The highest BCUT2D eigenvalue weighted by atomic mass is 16.7. The lowest BCUT2D eigenvalue weighted by Gasteiger charge is -2.32. The summed E-state index contributed by atoms with van der Waals surface area (Å²) in [6.45, 7) is 11.5. The van der Waals surface area contributed by atoms with E-state index in [1.54, 1.807) is 13.8 Å². The first-order chi connectivity index (χ1) is 9.50. The van der Waals surface area contributed by atoms with E-state index in [1.165, 1.54) is 0 Å². The molecule has 1 heterocycles. The van der Waals surface area contributed by atoms with Crippen molar-refractivity contribution in [1.82, 2.24) is 0 Å². The Balaban J connectivity index is 2.16. The lowest BCUT2D eigenvalue weighted by Crippen LogP contribution is -2.41. The Morgan fingerprint density at radius 2 is 1.48 bits per heavy atom. The summed E-state index contributed by atoms with van der Waals surface area (Å²) in [5.74, 6) is 5.75. The van der Waals surface area contributed by atoms with Gasteiger partial charge in [0.05, 0.1) is 11.2 Å². The molecule has 0 aliphatic carbocycles. The summed E-state index contributed by atoms with van der Waals surface area (Å²) in [5.41, 5.74) is 0.179. The van der Waals surface area contributed by atoms with E-state index < -0.39 is 5.60 Å². The van der Waals surface area contributed by atoms with Crippen molar-refractivity contribution in [3.63, 3.8) is 0 Å². The molecular formula is C17H23BO3. The number of aliphatic hydroxyl groups is 1. The van der Waals surface area contributed by atoms with Crippen LogP contribution < -0.4 is 5.46 Å². The van der Waals surface area contributed by atoms with Gasteiger partial charge in [-0.2, -0.15) is 0 Å². The van der Waals surface area contributed by atoms with Gasteiger partial charge in [-0.15, -0.1) is 0 Å². The van der Waals surface area contributed by atoms with Crippen LogP contribution in [0.5, 0.6) is 0 Å². The van der Waals surface area contributed by atoms with Crippen LogP contribution >= 0.6 is 0 Å². The minimum absolute atomic E-state index is 0.336. The number of hydrogen-bond donors (Lipinski definition) is 1. The van der Waals surface area contributed by atoms with Crippen molar-refractivity contribution in [1.29, 1.82) is 0 Å². The highest BCUT2D eigenvalue weighted by Crippen LogP contribution is 2.36. The van der Waals surface area contributed by atoms with Gasteiger partial charge in [0, 0.05) is 5.56 Å². The van der Waals surface area contributed by atoms with Gasteiger partial charge in [-0.25, -0.2) is 0 Å². The number of benzene rings is 1. The second kappa shape index (κ2) is 5.17. The topological polar surface area (TPSA) is 38.7 Å². The molecule has 3 nitrogen and oxygen atoms in total. The van der Waals surface area contributed by atoms with Crippen LogP contribution in [0.25, 0.3) is 0 Å². The molecule has 0 saturated carbocycles. The van der Waals surface area contributed by atoms with Crippen molar-refractivity contribution < 1.29 is 14.4 Å². The molecule has 1 aliphatic rings. The first-order valence-corrected chi connectivity index (χ1v) is 7.21. The molecule has 1 fully saturated rings. The summed E-state index contributed by atoms with van der Waals surface area (Å²) >= 11 is 0. The molecule has 0 amide bonds. The monoisotopic (exact) mass is 286 g/mol. The molecule has 1 N–H and O–H groups in total. The number of hydrogen-bond acceptors (Lipinski definition) is 3. The molecule has 1 aromatic carbocycles. The van der Waals surface area contributed by atoms with Crippen LogP contribution in [0.15, 0.2) is 24.3 Å². The van der Waals surface area contributed by atoms with Crippen molar-refractivity contribution in [2.45, 2.75) is 58.3 Å². The third kappa shape index (κ3) is 3.68. The highest BCUT2D eigenvalue weighted by Gasteiger charge is 2.51. The molecule has 0 bridgehead atoms. The molecule has 1 aliphatic heterocycles. The largest absolute Gasteiger partial charge is 0.494 e. The van der Waals surface area contributed by atoms with E-state index in [1.807, 2.05) is 52.0 Å². The van der Waals surface area contributed by atoms with Crippen LogP contribution in [0, 0.1) is 11.8 Å². The minimum Gasteiger partial charge on any atom is -0.399 e. The third-order valence-corrected chi connectivity index (χ3v) is 3.95. The first-order valence-electron chi connectivity index (χ1n) is 7.21. The van der Waals surface area contributed by atoms with Gasteiger partial charge < -0.3 is 14.4 Å². The van der Waals surface area contributed by atoms with Crippen LogP contribution in [-0.2, 0) is 9.31 Å². The molecule has 4 heteroatoms. The highest BCUT2D eigenvalue weighted by molar-refractivity contribution is 6.62. The summed E-state index contributed by atoms with van der Waals surface area (Å²) in [6.07, 6.45) is 0. The molecule has 112 valence electrons. The molecule has 0 spiro atoms. The Hall–Kier alpha value is -1.28. The second-order valence-corrected chi connectivity index (χ2v) is 7.02. The Bertz CT molecular complexity index is 555. The summed E-state index contributed by atoms with van der Waals surface area (Å²) in [4.78, 5) is 0. The van der Waals surface area contributed by atoms with Crippen LogP contribution in [0.4, 0.5) is 0 Å². The molecule has 21 heavy (non-hydrogen) atoms. The second-order valence-electron chi connectivity index (χ2n) is 7.02. The van der Waals surface area contributed by atoms with Gasteiger partial charge in [-0.3, -0.25) is 0 Å². The molecule has 0 atom stereocenters. The third-order valence-electron chi connectivity index (χ3n) is 3.95. The predicted molar refractivity (Wildman–Crippen MR) is 85.3 cm³/mol. The van der Waals surface area contributed by atoms with Gasteiger partial charge >= 0.3 is 7.12 Å². The maximum atomic E-state index is 9.61. The fourth-order valence-corrected chi connectivity index (χ4v) is 1.93. The maximum absolute atomic E-state index is 9.61. The zero-order chi connectivity index (χ0) is 15.9. The van der Waals surface area contributed by atoms with Gasteiger partial charge in [0.25, 0.3) is 0 Å². The lowest BCUT2D eigenvalue weighted by atomic mass is 9.79. The Kier molecular flexibility index (Phi) is 3.97. The van der Waals surface area contributed by atoms with Crippen LogP contribution in [-0.4, -0.2) is 29.0 Å². The van der Waals surface area contributed by atoms with Crippen molar-refractivity contribution in [2.75, 3.05) is 0 Å². The summed E-state index contributed by atoms with van der Waals surface area (Å²) < 4.78 is 12.0. The fourth-order valence-electron chi connectivity index (χ4n) is 1.93. The first kappa shape index (κ1) is 16.1. The lowest BCUT2D eigenvalue weighted by molar-refractivity contribution is 0.00578. The van der Waals surface area contributed by atoms with Crippen molar-refractivity contribution >= 4 is 12.6 Å². The van der Waals surface area contributed by atoms with Gasteiger partial charge in [-0.05, 0) is 59.1 Å². The van der Waals surface area contributed by atoms with Gasteiger partial charge in [0.2, 0.25) is 0 Å². The summed E-state index contributed by atoms with van der Waals surface area (Å²) in [6, 6.07) is 7.74. The average Bonchev–Trinajstić information content (AvgIpc) is 2.56. The molecule has 0 unspecified atom stereocenters. The number of rotatable bonds is 1. The Morgan fingerprint density at radius 3 is 1.90 bits per heavy atom. The average molecular weight is 286 g/mol. The van der Waals surface area contributed by atoms with Crippen LogP contribution in [0.1, 0.15) is 47.1 Å². The normalized spacial score (nSPS) is 20.0. The predicted octanol–water partition coefficient (Wildman–Crippen LogP) is 2.11. The maximum Gasteiger partial charge on any atom is 0.494 e. The van der Waals surface area contributed by atoms with E-state index in [2.05, 4.69) is 11.8 Å². The quantitative estimate of drug-likeness (QED) is 0.635. The fraction of sp³-hybridized carbons (Fsp3) is 0.529. The molecule has 0 radical (unpaired) electrons.